The van der Waals surface area contributed by atoms with Crippen LogP contribution in [0.3, 0.4) is 0 Å². The van der Waals surface area contributed by atoms with Crippen molar-refractivity contribution in [2.75, 3.05) is 24.8 Å². The zero-order valence-electron chi connectivity index (χ0n) is 14.3. The molecule has 2 heterocycles. The fraction of sp³-hybridized carbons (Fsp3) is 0.211. The summed E-state index contributed by atoms with van der Waals surface area (Å²) in [6.45, 7) is 1.06. The number of nitrogens with one attached hydrogen (secondary N) is 1. The first-order valence-corrected chi connectivity index (χ1v) is 9.66. The summed E-state index contributed by atoms with van der Waals surface area (Å²) in [7, 11) is 0. The van der Waals surface area contributed by atoms with Gasteiger partial charge in [0.05, 0.1) is 5.56 Å². The van der Waals surface area contributed by atoms with Crippen LogP contribution in [0.1, 0.15) is 5.56 Å². The Morgan fingerprint density at radius 2 is 1.96 bits per heavy atom. The van der Waals surface area contributed by atoms with E-state index in [-0.39, 0.29) is 0 Å². The zero-order chi connectivity index (χ0) is 17.8. The van der Waals surface area contributed by atoms with Crippen LogP contribution >= 0.6 is 11.8 Å². The molecule has 1 aromatic heterocycles. The number of anilines is 2. The molecule has 0 saturated carbocycles. The minimum atomic E-state index is 0.491. The fourth-order valence-electron chi connectivity index (χ4n) is 2.77. The minimum Gasteiger partial charge on any atom is -0.486 e. The van der Waals surface area contributed by atoms with Crippen molar-refractivity contribution in [3.63, 3.8) is 0 Å². The van der Waals surface area contributed by atoms with Crippen molar-refractivity contribution in [3.05, 3.63) is 54.4 Å². The summed E-state index contributed by atoms with van der Waals surface area (Å²) in [5, 5.41) is 3.25. The molecule has 0 unspecified atom stereocenters. The second kappa shape index (κ2) is 7.61. The Labute approximate surface area is 156 Å². The van der Waals surface area contributed by atoms with E-state index in [1.54, 1.807) is 11.8 Å². The van der Waals surface area contributed by atoms with E-state index in [1.165, 1.54) is 11.9 Å². The lowest BCUT2D eigenvalue weighted by Crippen LogP contribution is -2.16. The van der Waals surface area contributed by atoms with E-state index in [0.29, 0.717) is 36.5 Å². The van der Waals surface area contributed by atoms with Crippen molar-refractivity contribution >= 4 is 23.4 Å². The number of aromatic nitrogens is 3. The van der Waals surface area contributed by atoms with Gasteiger partial charge in [-0.2, -0.15) is 16.7 Å². The quantitative estimate of drug-likeness (QED) is 0.734. The number of rotatable bonds is 5. The van der Waals surface area contributed by atoms with Crippen LogP contribution in [0.25, 0.3) is 11.4 Å². The Balaban J connectivity index is 1.63. The highest BCUT2D eigenvalue weighted by molar-refractivity contribution is 7.97. The summed E-state index contributed by atoms with van der Waals surface area (Å²) >= 11 is 1.79. The molecule has 0 aliphatic carbocycles. The fourth-order valence-corrected chi connectivity index (χ4v) is 3.28. The zero-order valence-corrected chi connectivity index (χ0v) is 15.1. The molecule has 6 nitrogen and oxygen atoms in total. The highest BCUT2D eigenvalue weighted by Gasteiger charge is 2.18. The maximum atomic E-state index is 5.76. The summed E-state index contributed by atoms with van der Waals surface area (Å²) in [5.74, 6) is 3.40. The van der Waals surface area contributed by atoms with E-state index >= 15 is 0 Å². The smallest absolute Gasteiger partial charge is 0.230 e. The van der Waals surface area contributed by atoms with Crippen LogP contribution in [0.4, 0.5) is 11.6 Å². The number of thioether (sulfide) groups is 1. The first kappa shape index (κ1) is 16.7. The lowest BCUT2D eigenvalue weighted by Gasteiger charge is -2.20. The third-order valence-corrected chi connectivity index (χ3v) is 4.50. The van der Waals surface area contributed by atoms with Crippen LogP contribution in [-0.4, -0.2) is 34.4 Å². The molecule has 0 spiro atoms. The summed E-state index contributed by atoms with van der Waals surface area (Å²) in [5.41, 5.74) is 2.99. The van der Waals surface area contributed by atoms with Crippen molar-refractivity contribution in [2.45, 2.75) is 5.75 Å². The number of nitrogens with zero attached hydrogens (tertiary/aromatic N) is 3. The van der Waals surface area contributed by atoms with Crippen molar-refractivity contribution in [1.29, 1.82) is 0 Å². The first-order chi connectivity index (χ1) is 12.8. The van der Waals surface area contributed by atoms with Gasteiger partial charge in [0.15, 0.2) is 17.3 Å². The number of benzene rings is 2. The average molecular weight is 366 g/mol. The van der Waals surface area contributed by atoms with Gasteiger partial charge in [0.25, 0.3) is 0 Å². The van der Waals surface area contributed by atoms with Crippen molar-refractivity contribution < 1.29 is 9.47 Å². The second-order valence-corrected chi connectivity index (χ2v) is 6.59. The molecule has 1 N–H and O–H groups in total. The van der Waals surface area contributed by atoms with Crippen LogP contribution in [0.5, 0.6) is 11.5 Å². The van der Waals surface area contributed by atoms with Crippen molar-refractivity contribution in [3.8, 4) is 22.9 Å². The molecular weight excluding hydrogens is 348 g/mol. The summed E-state index contributed by atoms with van der Waals surface area (Å²) in [6.07, 6.45) is 3.59. The number of hydrogen-bond donors (Lipinski definition) is 1. The van der Waals surface area contributed by atoms with Crippen LogP contribution in [0, 0.1) is 0 Å². The number of ether oxygens (including phenoxy) is 2. The van der Waals surface area contributed by atoms with Gasteiger partial charge in [-0.05, 0) is 36.1 Å². The van der Waals surface area contributed by atoms with Gasteiger partial charge in [-0.3, -0.25) is 0 Å². The third-order valence-electron chi connectivity index (χ3n) is 3.87. The van der Waals surface area contributed by atoms with Gasteiger partial charge in [-0.25, -0.2) is 9.97 Å². The maximum Gasteiger partial charge on any atom is 0.230 e. The molecule has 132 valence electrons. The van der Waals surface area contributed by atoms with Crippen LogP contribution in [0.2, 0.25) is 0 Å². The maximum absolute atomic E-state index is 5.76. The predicted octanol–water partition coefficient (Wildman–Crippen LogP) is 3.92. The molecule has 2 aromatic carbocycles. The molecule has 0 saturated heterocycles. The Morgan fingerprint density at radius 1 is 1.08 bits per heavy atom. The molecule has 0 fully saturated rings. The van der Waals surface area contributed by atoms with Gasteiger partial charge < -0.3 is 14.8 Å². The summed E-state index contributed by atoms with van der Waals surface area (Å²) in [4.78, 5) is 13.1. The van der Waals surface area contributed by atoms with Gasteiger partial charge in [0.1, 0.15) is 19.5 Å². The van der Waals surface area contributed by atoms with Crippen LogP contribution in [0.15, 0.2) is 48.8 Å². The Bertz CT molecular complexity index is 920. The SMILES string of the molecule is CSCc1cccc(Nc2ncnc(-c3cccc4c3OCCO4)n2)c1. The van der Waals surface area contributed by atoms with E-state index in [2.05, 4.69) is 38.7 Å². The molecule has 7 heteroatoms. The van der Waals surface area contributed by atoms with Gasteiger partial charge in [0, 0.05) is 11.4 Å². The lowest BCUT2D eigenvalue weighted by molar-refractivity contribution is 0.172. The molecule has 4 rings (SSSR count). The van der Waals surface area contributed by atoms with Crippen LogP contribution in [-0.2, 0) is 5.75 Å². The minimum absolute atomic E-state index is 0.491. The van der Waals surface area contributed by atoms with Crippen LogP contribution < -0.4 is 14.8 Å². The van der Waals surface area contributed by atoms with E-state index in [4.69, 9.17) is 9.47 Å². The molecule has 0 radical (unpaired) electrons. The van der Waals surface area contributed by atoms with Gasteiger partial charge in [-0.15, -0.1) is 0 Å². The normalized spacial score (nSPS) is 12.7. The molecule has 1 aliphatic rings. The predicted molar refractivity (Wildman–Crippen MR) is 103 cm³/mol. The first-order valence-electron chi connectivity index (χ1n) is 8.26. The highest BCUT2D eigenvalue weighted by Crippen LogP contribution is 2.38. The standard InChI is InChI=1S/C19H18N4O2S/c1-26-11-13-4-2-5-14(10-13)22-19-21-12-20-18(23-19)15-6-3-7-16-17(15)25-9-8-24-16/h2-7,10,12H,8-9,11H2,1H3,(H,20,21,22,23). The summed E-state index contributed by atoms with van der Waals surface area (Å²) in [6, 6.07) is 13.9. The summed E-state index contributed by atoms with van der Waals surface area (Å²) < 4.78 is 11.4. The van der Waals surface area contributed by atoms with E-state index in [9.17, 15) is 0 Å². The molecular formula is C19H18N4O2S. The number of para-hydroxylation sites is 1. The Hall–Kier alpha value is -2.80. The highest BCUT2D eigenvalue weighted by atomic mass is 32.2. The van der Waals surface area contributed by atoms with Gasteiger partial charge >= 0.3 is 0 Å². The average Bonchev–Trinajstić information content (AvgIpc) is 2.68. The molecule has 0 amide bonds. The Kier molecular flexibility index (Phi) is 4.88. The van der Waals surface area contributed by atoms with E-state index < -0.39 is 0 Å². The second-order valence-electron chi connectivity index (χ2n) is 5.72. The van der Waals surface area contributed by atoms with E-state index in [1.807, 2.05) is 30.3 Å². The van der Waals surface area contributed by atoms with E-state index in [0.717, 1.165) is 17.0 Å². The molecule has 26 heavy (non-hydrogen) atoms. The Morgan fingerprint density at radius 3 is 2.88 bits per heavy atom. The molecule has 1 aliphatic heterocycles. The van der Waals surface area contributed by atoms with Crippen molar-refractivity contribution in [2.24, 2.45) is 0 Å². The van der Waals surface area contributed by atoms with Gasteiger partial charge in [-0.1, -0.05) is 18.2 Å². The molecule has 0 bridgehead atoms. The van der Waals surface area contributed by atoms with Gasteiger partial charge in [0.2, 0.25) is 5.95 Å². The monoisotopic (exact) mass is 366 g/mol. The largest absolute Gasteiger partial charge is 0.486 e. The topological polar surface area (TPSA) is 69.2 Å². The lowest BCUT2D eigenvalue weighted by atomic mass is 10.1. The molecule has 3 aromatic rings. The number of fused-ring (bicyclic) bond motifs is 1. The molecule has 0 atom stereocenters. The number of hydrogen-bond acceptors (Lipinski definition) is 7. The van der Waals surface area contributed by atoms with Crippen molar-refractivity contribution in [1.82, 2.24) is 15.0 Å². The third kappa shape index (κ3) is 3.57.